The van der Waals surface area contributed by atoms with Gasteiger partial charge in [-0.3, -0.25) is 0 Å². The van der Waals surface area contributed by atoms with Crippen LogP contribution in [0.15, 0.2) is 67.3 Å². The van der Waals surface area contributed by atoms with Crippen molar-refractivity contribution in [3.8, 4) is 11.3 Å². The molecule has 25 heavy (non-hydrogen) atoms. The number of hydrogen-bond acceptors (Lipinski definition) is 2. The lowest BCUT2D eigenvalue weighted by atomic mass is 9.95. The third-order valence-electron chi connectivity index (χ3n) is 5.34. The number of aryl methyl sites for hydroxylation is 1. The zero-order chi connectivity index (χ0) is 17.0. The summed E-state index contributed by atoms with van der Waals surface area (Å²) in [6.45, 7) is 0. The maximum Gasteiger partial charge on any atom is 0.0956 e. The van der Waals surface area contributed by atoms with Crippen molar-refractivity contribution in [3.63, 3.8) is 0 Å². The molecule has 0 saturated heterocycles. The van der Waals surface area contributed by atoms with Crippen molar-refractivity contribution in [2.24, 2.45) is 7.05 Å². The molecule has 1 aliphatic heterocycles. The summed E-state index contributed by atoms with van der Waals surface area (Å²) in [6, 6.07) is 16.8. The van der Waals surface area contributed by atoms with Crippen LogP contribution >= 0.6 is 0 Å². The van der Waals surface area contributed by atoms with Gasteiger partial charge in [-0.05, 0) is 34.7 Å². The number of benzene rings is 2. The quantitative estimate of drug-likeness (QED) is 0.616. The van der Waals surface area contributed by atoms with Crippen LogP contribution in [0.5, 0.6) is 0 Å². The first-order valence-corrected chi connectivity index (χ1v) is 8.56. The first-order valence-electron chi connectivity index (χ1n) is 8.56. The van der Waals surface area contributed by atoms with Crippen LogP contribution in [0.1, 0.15) is 29.7 Å². The Morgan fingerprint density at radius 2 is 2.04 bits per heavy atom. The Morgan fingerprint density at radius 3 is 2.96 bits per heavy atom. The number of aliphatic hydroxyl groups is 1. The van der Waals surface area contributed by atoms with E-state index in [9.17, 15) is 5.11 Å². The fraction of sp³-hybridized carbons (Fsp3) is 0.190. The lowest BCUT2D eigenvalue weighted by molar-refractivity contribution is 0.154. The molecule has 4 nitrogen and oxygen atoms in total. The summed E-state index contributed by atoms with van der Waals surface area (Å²) in [6.07, 6.45) is 5.94. The molecule has 0 aliphatic carbocycles. The fourth-order valence-corrected chi connectivity index (χ4v) is 4.03. The average molecular weight is 329 g/mol. The SMILES string of the molecule is Cn1ccc2cc(C(O)CC3c4ccccc4-c4cncn43)ccc21. The molecule has 3 heterocycles. The van der Waals surface area contributed by atoms with Gasteiger partial charge in [-0.15, -0.1) is 0 Å². The van der Waals surface area contributed by atoms with Gasteiger partial charge < -0.3 is 14.2 Å². The minimum Gasteiger partial charge on any atom is -0.388 e. The first kappa shape index (κ1) is 14.5. The van der Waals surface area contributed by atoms with Crippen LogP contribution in [0.25, 0.3) is 22.2 Å². The topological polar surface area (TPSA) is 43.0 Å². The second-order valence-electron chi connectivity index (χ2n) is 6.79. The zero-order valence-corrected chi connectivity index (χ0v) is 14.0. The van der Waals surface area contributed by atoms with Crippen LogP contribution in [0.3, 0.4) is 0 Å². The van der Waals surface area contributed by atoms with Crippen LogP contribution in [0, 0.1) is 0 Å². The average Bonchev–Trinajstić information content (AvgIpc) is 3.32. The highest BCUT2D eigenvalue weighted by atomic mass is 16.3. The summed E-state index contributed by atoms with van der Waals surface area (Å²) >= 11 is 0. The third-order valence-corrected chi connectivity index (χ3v) is 5.34. The van der Waals surface area contributed by atoms with E-state index in [1.165, 1.54) is 16.6 Å². The molecule has 124 valence electrons. The maximum atomic E-state index is 10.9. The molecule has 0 bridgehead atoms. The number of aromatic nitrogens is 3. The van der Waals surface area contributed by atoms with E-state index in [0.717, 1.165) is 16.6 Å². The fourth-order valence-electron chi connectivity index (χ4n) is 4.03. The van der Waals surface area contributed by atoms with E-state index < -0.39 is 6.10 Å². The van der Waals surface area contributed by atoms with Crippen LogP contribution in [0.4, 0.5) is 0 Å². The van der Waals surface area contributed by atoms with Gasteiger partial charge in [-0.2, -0.15) is 0 Å². The molecule has 2 unspecified atom stereocenters. The molecule has 1 N–H and O–H groups in total. The number of hydrogen-bond donors (Lipinski definition) is 1. The van der Waals surface area contributed by atoms with Crippen molar-refractivity contribution < 1.29 is 5.11 Å². The van der Waals surface area contributed by atoms with Crippen LogP contribution in [0.2, 0.25) is 0 Å². The van der Waals surface area contributed by atoms with Gasteiger partial charge in [0, 0.05) is 30.7 Å². The van der Waals surface area contributed by atoms with E-state index in [0.29, 0.717) is 6.42 Å². The molecule has 2 aromatic heterocycles. The van der Waals surface area contributed by atoms with Gasteiger partial charge in [-0.25, -0.2) is 4.98 Å². The van der Waals surface area contributed by atoms with Crippen molar-refractivity contribution in [1.82, 2.24) is 14.1 Å². The van der Waals surface area contributed by atoms with Gasteiger partial charge in [-0.1, -0.05) is 30.3 Å². The minimum absolute atomic E-state index is 0.121. The highest BCUT2D eigenvalue weighted by Crippen LogP contribution is 2.43. The largest absolute Gasteiger partial charge is 0.388 e. The molecule has 0 fully saturated rings. The molecule has 1 aliphatic rings. The molecule has 4 aromatic rings. The minimum atomic E-state index is -0.518. The molecule has 5 rings (SSSR count). The summed E-state index contributed by atoms with van der Waals surface area (Å²) in [7, 11) is 2.04. The third kappa shape index (κ3) is 2.14. The van der Waals surface area contributed by atoms with Crippen LogP contribution < -0.4 is 0 Å². The molecule has 0 amide bonds. The second kappa shape index (κ2) is 5.33. The van der Waals surface area contributed by atoms with Crippen LogP contribution in [-0.4, -0.2) is 19.2 Å². The summed E-state index contributed by atoms with van der Waals surface area (Å²) in [5.41, 5.74) is 5.76. The van der Waals surface area contributed by atoms with E-state index in [4.69, 9.17) is 0 Å². The number of imidazole rings is 1. The summed E-state index contributed by atoms with van der Waals surface area (Å²) in [4.78, 5) is 4.30. The molecular formula is C21H19N3O. The zero-order valence-electron chi connectivity index (χ0n) is 14.0. The van der Waals surface area contributed by atoms with E-state index in [-0.39, 0.29) is 6.04 Å². The summed E-state index contributed by atoms with van der Waals surface area (Å²) in [5, 5.41) is 12.1. The van der Waals surface area contributed by atoms with Crippen molar-refractivity contribution in [2.45, 2.75) is 18.6 Å². The van der Waals surface area contributed by atoms with Crippen molar-refractivity contribution in [3.05, 3.63) is 78.4 Å². The Balaban J connectivity index is 1.50. The lowest BCUT2D eigenvalue weighted by Gasteiger charge is -2.19. The van der Waals surface area contributed by atoms with Crippen molar-refractivity contribution >= 4 is 10.9 Å². The smallest absolute Gasteiger partial charge is 0.0956 e. The van der Waals surface area contributed by atoms with E-state index in [1.807, 2.05) is 31.8 Å². The van der Waals surface area contributed by atoms with Gasteiger partial charge in [0.25, 0.3) is 0 Å². The number of rotatable bonds is 3. The normalized spacial score (nSPS) is 16.8. The number of aliphatic hydroxyl groups excluding tert-OH is 1. The van der Waals surface area contributed by atoms with E-state index >= 15 is 0 Å². The highest BCUT2D eigenvalue weighted by Gasteiger charge is 2.30. The highest BCUT2D eigenvalue weighted by molar-refractivity contribution is 5.80. The van der Waals surface area contributed by atoms with Gasteiger partial charge in [0.15, 0.2) is 0 Å². The lowest BCUT2D eigenvalue weighted by Crippen LogP contribution is -2.10. The molecule has 2 atom stereocenters. The molecule has 4 heteroatoms. The van der Waals surface area contributed by atoms with Gasteiger partial charge >= 0.3 is 0 Å². The molecule has 0 spiro atoms. The summed E-state index contributed by atoms with van der Waals surface area (Å²) in [5.74, 6) is 0. The molecule has 0 radical (unpaired) electrons. The Hall–Kier alpha value is -2.85. The predicted octanol–water partition coefficient (Wildman–Crippen LogP) is 4.07. The first-order chi connectivity index (χ1) is 12.2. The van der Waals surface area contributed by atoms with Crippen molar-refractivity contribution in [1.29, 1.82) is 0 Å². The summed E-state index contributed by atoms with van der Waals surface area (Å²) < 4.78 is 4.27. The van der Waals surface area contributed by atoms with Gasteiger partial charge in [0.05, 0.1) is 30.4 Å². The van der Waals surface area contributed by atoms with E-state index in [2.05, 4.69) is 56.6 Å². The Morgan fingerprint density at radius 1 is 1.16 bits per heavy atom. The number of nitrogens with zero attached hydrogens (tertiary/aromatic N) is 3. The Labute approximate surface area is 146 Å². The monoisotopic (exact) mass is 329 g/mol. The number of fused-ring (bicyclic) bond motifs is 4. The van der Waals surface area contributed by atoms with Gasteiger partial charge in [0.2, 0.25) is 0 Å². The van der Waals surface area contributed by atoms with E-state index in [1.54, 1.807) is 0 Å². The standard InChI is InChI=1S/C21H19N3O/c1-23-9-8-14-10-15(6-7-18(14)23)21(25)11-19-16-4-2-3-5-17(16)20-12-22-13-24(19)20/h2-10,12-13,19,21,25H,11H2,1H3. The molecular weight excluding hydrogens is 310 g/mol. The predicted molar refractivity (Wildman–Crippen MR) is 98.3 cm³/mol. The molecule has 2 aromatic carbocycles. The van der Waals surface area contributed by atoms with Crippen molar-refractivity contribution in [2.75, 3.05) is 0 Å². The van der Waals surface area contributed by atoms with Crippen LogP contribution in [-0.2, 0) is 7.05 Å². The second-order valence-corrected chi connectivity index (χ2v) is 6.79. The molecule has 0 saturated carbocycles. The maximum absolute atomic E-state index is 10.9. The Bertz CT molecular complexity index is 1080. The Kier molecular flexibility index (Phi) is 3.09. The van der Waals surface area contributed by atoms with Gasteiger partial charge in [0.1, 0.15) is 0 Å².